The van der Waals surface area contributed by atoms with E-state index in [0.29, 0.717) is 12.1 Å². The smallest absolute Gasteiger partial charge is 0.101 e. The number of nitrogens with one attached hydrogen (secondary N) is 1. The first-order valence-corrected chi connectivity index (χ1v) is 4.70. The molecule has 0 spiro atoms. The molecule has 0 amide bonds. The van der Waals surface area contributed by atoms with Crippen LogP contribution in [0.15, 0.2) is 35.4 Å². The van der Waals surface area contributed by atoms with Crippen LogP contribution in [-0.4, -0.2) is 6.54 Å². The van der Waals surface area contributed by atoms with E-state index in [0.717, 1.165) is 11.3 Å². The van der Waals surface area contributed by atoms with E-state index in [1.165, 1.54) is 5.54 Å². The van der Waals surface area contributed by atoms with Gasteiger partial charge in [-0.2, -0.15) is 5.26 Å². The van der Waals surface area contributed by atoms with Crippen molar-refractivity contribution in [2.45, 2.75) is 6.92 Å². The van der Waals surface area contributed by atoms with Crippen molar-refractivity contribution in [3.63, 3.8) is 0 Å². The molecule has 3 heteroatoms. The summed E-state index contributed by atoms with van der Waals surface area (Å²) in [6.45, 7) is 2.58. The number of nitrogens with zero attached hydrogens (tertiary/aromatic N) is 1. The largest absolute Gasteiger partial charge is 0.380 e. The molecule has 0 saturated heterocycles. The van der Waals surface area contributed by atoms with Crippen LogP contribution in [0.4, 0.5) is 5.69 Å². The van der Waals surface area contributed by atoms with Crippen LogP contribution in [0.1, 0.15) is 12.5 Å². The van der Waals surface area contributed by atoms with Gasteiger partial charge in [0.1, 0.15) is 6.07 Å². The highest BCUT2D eigenvalue weighted by atomic mass is 35.5. The molecule has 2 nitrogen and oxygen atoms in total. The van der Waals surface area contributed by atoms with Gasteiger partial charge in [-0.1, -0.05) is 23.7 Å². The van der Waals surface area contributed by atoms with E-state index >= 15 is 0 Å². The van der Waals surface area contributed by atoms with Crippen molar-refractivity contribution in [3.8, 4) is 6.07 Å². The van der Waals surface area contributed by atoms with E-state index in [-0.39, 0.29) is 0 Å². The topological polar surface area (TPSA) is 35.8 Å². The van der Waals surface area contributed by atoms with E-state index in [9.17, 15) is 0 Å². The van der Waals surface area contributed by atoms with Crippen LogP contribution in [0.25, 0.3) is 0 Å². The molecule has 0 aliphatic rings. The van der Waals surface area contributed by atoms with Gasteiger partial charge in [-0.05, 0) is 24.6 Å². The van der Waals surface area contributed by atoms with Gasteiger partial charge in [0.25, 0.3) is 0 Å². The van der Waals surface area contributed by atoms with Gasteiger partial charge in [-0.15, -0.1) is 0 Å². The molecule has 0 heterocycles. The summed E-state index contributed by atoms with van der Waals surface area (Å²) in [5.41, 5.74) is 4.05. The molecule has 0 aliphatic heterocycles. The molecule has 1 aromatic carbocycles. The number of anilines is 1. The molecule has 0 fully saturated rings. The molecule has 72 valence electrons. The molecular formula is C11H11ClN2. The van der Waals surface area contributed by atoms with Crippen molar-refractivity contribution in [3.05, 3.63) is 40.9 Å². The fourth-order valence-electron chi connectivity index (χ4n) is 1.01. The highest BCUT2D eigenvalue weighted by Crippen LogP contribution is 2.13. The maximum atomic E-state index is 8.81. The molecular weight excluding hydrogens is 196 g/mol. The number of benzene rings is 1. The molecule has 14 heavy (non-hydrogen) atoms. The maximum absolute atomic E-state index is 8.81. The minimum atomic E-state index is 0.648. The van der Waals surface area contributed by atoms with E-state index in [1.54, 1.807) is 6.07 Å². The summed E-state index contributed by atoms with van der Waals surface area (Å²) < 4.78 is 0. The average Bonchev–Trinajstić information content (AvgIpc) is 2.26. The standard InChI is InChI=1S/C11H11ClN2/c1-9(6-12)8-14-11-5-3-2-4-10(11)7-13/h2-6,14H,8H2,1H3/b9-6-. The Morgan fingerprint density at radius 1 is 1.57 bits per heavy atom. The summed E-state index contributed by atoms with van der Waals surface area (Å²) in [4.78, 5) is 0. The molecule has 0 saturated carbocycles. The number of hydrogen-bond acceptors (Lipinski definition) is 2. The lowest BCUT2D eigenvalue weighted by molar-refractivity contribution is 1.21. The van der Waals surface area contributed by atoms with Crippen LogP contribution in [0.2, 0.25) is 0 Å². The van der Waals surface area contributed by atoms with Gasteiger partial charge in [-0.25, -0.2) is 0 Å². The third kappa shape index (κ3) is 2.79. The molecule has 0 aliphatic carbocycles. The van der Waals surface area contributed by atoms with Crippen molar-refractivity contribution in [2.24, 2.45) is 0 Å². The molecule has 0 radical (unpaired) electrons. The lowest BCUT2D eigenvalue weighted by atomic mass is 10.2. The first kappa shape index (κ1) is 10.6. The normalized spacial score (nSPS) is 10.8. The van der Waals surface area contributed by atoms with Crippen LogP contribution >= 0.6 is 11.6 Å². The quantitative estimate of drug-likeness (QED) is 0.825. The van der Waals surface area contributed by atoms with Crippen LogP contribution in [-0.2, 0) is 0 Å². The summed E-state index contributed by atoms with van der Waals surface area (Å²) in [6, 6.07) is 9.51. The monoisotopic (exact) mass is 206 g/mol. The van der Waals surface area contributed by atoms with E-state index in [1.807, 2.05) is 25.1 Å². The lowest BCUT2D eigenvalue weighted by Gasteiger charge is -2.07. The number of halogens is 1. The predicted octanol–water partition coefficient (Wildman–Crippen LogP) is 3.11. The fourth-order valence-corrected chi connectivity index (χ4v) is 1.09. The van der Waals surface area contributed by atoms with E-state index in [4.69, 9.17) is 16.9 Å². The molecule has 0 bridgehead atoms. The summed E-state index contributed by atoms with van der Waals surface area (Å²) >= 11 is 5.52. The number of rotatable bonds is 3. The van der Waals surface area contributed by atoms with Crippen LogP contribution in [0.3, 0.4) is 0 Å². The second-order valence-corrected chi connectivity index (χ2v) is 3.18. The second kappa shape index (κ2) is 5.31. The van der Waals surface area contributed by atoms with Gasteiger partial charge in [0.15, 0.2) is 0 Å². The van der Waals surface area contributed by atoms with Crippen molar-refractivity contribution >= 4 is 17.3 Å². The van der Waals surface area contributed by atoms with Gasteiger partial charge >= 0.3 is 0 Å². The van der Waals surface area contributed by atoms with Crippen LogP contribution < -0.4 is 5.32 Å². The summed E-state index contributed by atoms with van der Waals surface area (Å²) in [6.07, 6.45) is 0. The molecule has 0 atom stereocenters. The molecule has 1 aromatic rings. The Bertz CT molecular complexity index is 377. The summed E-state index contributed by atoms with van der Waals surface area (Å²) in [7, 11) is 0. The Kier molecular flexibility index (Phi) is 4.03. The van der Waals surface area contributed by atoms with E-state index < -0.39 is 0 Å². The Morgan fingerprint density at radius 3 is 2.93 bits per heavy atom. The number of hydrogen-bond donors (Lipinski definition) is 1. The van der Waals surface area contributed by atoms with Crippen molar-refractivity contribution in [1.29, 1.82) is 5.26 Å². The average molecular weight is 207 g/mol. The Labute approximate surface area is 88.8 Å². The first-order chi connectivity index (χ1) is 6.77. The summed E-state index contributed by atoms with van der Waals surface area (Å²) in [5.74, 6) is 0. The van der Waals surface area contributed by atoms with Gasteiger partial charge in [0.2, 0.25) is 0 Å². The van der Waals surface area contributed by atoms with Gasteiger partial charge in [-0.3, -0.25) is 0 Å². The van der Waals surface area contributed by atoms with Crippen LogP contribution in [0.5, 0.6) is 0 Å². The minimum absolute atomic E-state index is 0.648. The predicted molar refractivity (Wildman–Crippen MR) is 59.3 cm³/mol. The number of nitriles is 1. The zero-order valence-electron chi connectivity index (χ0n) is 7.92. The zero-order chi connectivity index (χ0) is 10.4. The Hall–Kier alpha value is -1.46. The van der Waals surface area contributed by atoms with Gasteiger partial charge < -0.3 is 5.32 Å². The third-order valence-corrected chi connectivity index (χ3v) is 2.16. The highest BCUT2D eigenvalue weighted by molar-refractivity contribution is 6.25. The highest BCUT2D eigenvalue weighted by Gasteiger charge is 1.98. The lowest BCUT2D eigenvalue weighted by Crippen LogP contribution is -2.03. The number of para-hydroxylation sites is 1. The first-order valence-electron chi connectivity index (χ1n) is 4.26. The molecule has 1 rings (SSSR count). The summed E-state index contributed by atoms with van der Waals surface area (Å²) in [5, 5.41) is 11.9. The SMILES string of the molecule is C/C(=C/Cl)CNc1ccccc1C#N. The van der Waals surface area contributed by atoms with Crippen LogP contribution in [0, 0.1) is 11.3 Å². The van der Waals surface area contributed by atoms with Gasteiger partial charge in [0.05, 0.1) is 11.3 Å². The Morgan fingerprint density at radius 2 is 2.29 bits per heavy atom. The van der Waals surface area contributed by atoms with Crippen molar-refractivity contribution < 1.29 is 0 Å². The fraction of sp³-hybridized carbons (Fsp3) is 0.182. The molecule has 0 unspecified atom stereocenters. The van der Waals surface area contributed by atoms with E-state index in [2.05, 4.69) is 11.4 Å². The second-order valence-electron chi connectivity index (χ2n) is 2.97. The molecule has 1 N–H and O–H groups in total. The Balaban J connectivity index is 2.73. The third-order valence-electron chi connectivity index (χ3n) is 1.79. The van der Waals surface area contributed by atoms with Crippen molar-refractivity contribution in [1.82, 2.24) is 0 Å². The maximum Gasteiger partial charge on any atom is 0.101 e. The van der Waals surface area contributed by atoms with Gasteiger partial charge in [0, 0.05) is 12.1 Å². The minimum Gasteiger partial charge on any atom is -0.380 e. The molecule has 0 aromatic heterocycles. The zero-order valence-corrected chi connectivity index (χ0v) is 8.67. The van der Waals surface area contributed by atoms with Crippen molar-refractivity contribution in [2.75, 3.05) is 11.9 Å².